The molecule has 0 amide bonds. The van der Waals surface area contributed by atoms with Crippen molar-refractivity contribution in [3.05, 3.63) is 17.1 Å². The maximum atomic E-state index is 4.58. The molecule has 1 aromatic rings. The predicted octanol–water partition coefficient (Wildman–Crippen LogP) is 1.28. The topological polar surface area (TPSA) is 41.1 Å². The largest absolute Gasteiger partial charge is 0.359 e. The average Bonchev–Trinajstić information content (AvgIpc) is 2.28. The molecule has 4 nitrogen and oxygen atoms in total. The third-order valence-electron chi connectivity index (χ3n) is 2.94. The summed E-state index contributed by atoms with van der Waals surface area (Å²) in [6.45, 7) is 7.14. The fraction of sp³-hybridized carbons (Fsp3) is 0.667. The number of fused-ring (bicyclic) bond motifs is 1. The smallest absolute Gasteiger partial charge is 0.136 e. The summed E-state index contributed by atoms with van der Waals surface area (Å²) in [7, 11) is 2.11. The van der Waals surface area contributed by atoms with Crippen LogP contribution in [0.2, 0.25) is 0 Å². The molecule has 1 aliphatic heterocycles. The van der Waals surface area contributed by atoms with Crippen LogP contribution in [0.15, 0.2) is 0 Å². The van der Waals surface area contributed by atoms with Gasteiger partial charge in [0.25, 0.3) is 0 Å². The minimum absolute atomic E-state index is 0.888. The summed E-state index contributed by atoms with van der Waals surface area (Å²) >= 11 is 0. The standard InChI is InChI=1S/C12H20N4/c1-4-7-16(3)12-10-8-13-6-5-11(10)14-9(2)15-12/h13H,4-8H2,1-3H3. The maximum Gasteiger partial charge on any atom is 0.136 e. The highest BCUT2D eigenvalue weighted by molar-refractivity contribution is 5.49. The summed E-state index contributed by atoms with van der Waals surface area (Å²) in [5.74, 6) is 2.00. The lowest BCUT2D eigenvalue weighted by Crippen LogP contribution is -2.30. The van der Waals surface area contributed by atoms with Crippen molar-refractivity contribution in [2.45, 2.75) is 33.2 Å². The van der Waals surface area contributed by atoms with E-state index < -0.39 is 0 Å². The Hall–Kier alpha value is -1.16. The van der Waals surface area contributed by atoms with Gasteiger partial charge in [0.15, 0.2) is 0 Å². The van der Waals surface area contributed by atoms with Gasteiger partial charge in [0.05, 0.1) is 5.69 Å². The van der Waals surface area contributed by atoms with Crippen molar-refractivity contribution in [2.75, 3.05) is 25.0 Å². The summed E-state index contributed by atoms with van der Waals surface area (Å²) in [5.41, 5.74) is 2.51. The van der Waals surface area contributed by atoms with Gasteiger partial charge in [-0.1, -0.05) is 6.92 Å². The summed E-state index contributed by atoms with van der Waals surface area (Å²) in [5, 5.41) is 3.39. The molecule has 0 spiro atoms. The first kappa shape index (κ1) is 11.3. The first-order valence-corrected chi connectivity index (χ1v) is 6.00. The highest BCUT2D eigenvalue weighted by Gasteiger charge is 2.18. The van der Waals surface area contributed by atoms with Crippen LogP contribution in [0.5, 0.6) is 0 Å². The maximum absolute atomic E-state index is 4.58. The second-order valence-electron chi connectivity index (χ2n) is 4.37. The monoisotopic (exact) mass is 220 g/mol. The molecule has 0 unspecified atom stereocenters. The van der Waals surface area contributed by atoms with Crippen molar-refractivity contribution in [1.29, 1.82) is 0 Å². The molecular weight excluding hydrogens is 200 g/mol. The Kier molecular flexibility index (Phi) is 3.39. The van der Waals surface area contributed by atoms with E-state index in [1.54, 1.807) is 0 Å². The molecule has 0 aromatic carbocycles. The molecule has 0 atom stereocenters. The number of nitrogens with zero attached hydrogens (tertiary/aromatic N) is 3. The van der Waals surface area contributed by atoms with E-state index >= 15 is 0 Å². The van der Waals surface area contributed by atoms with Gasteiger partial charge in [0.1, 0.15) is 11.6 Å². The van der Waals surface area contributed by atoms with E-state index in [2.05, 4.69) is 34.2 Å². The zero-order valence-corrected chi connectivity index (χ0v) is 10.4. The van der Waals surface area contributed by atoms with Crippen molar-refractivity contribution in [2.24, 2.45) is 0 Å². The van der Waals surface area contributed by atoms with Gasteiger partial charge in [0, 0.05) is 38.7 Å². The van der Waals surface area contributed by atoms with E-state index in [-0.39, 0.29) is 0 Å². The van der Waals surface area contributed by atoms with Crippen LogP contribution in [0.4, 0.5) is 5.82 Å². The quantitative estimate of drug-likeness (QED) is 0.833. The molecule has 2 heterocycles. The molecule has 1 aliphatic rings. The molecule has 0 saturated heterocycles. The summed E-state index contributed by atoms with van der Waals surface area (Å²) in [6, 6.07) is 0. The summed E-state index contributed by atoms with van der Waals surface area (Å²) < 4.78 is 0. The van der Waals surface area contributed by atoms with Crippen molar-refractivity contribution >= 4 is 5.82 Å². The van der Waals surface area contributed by atoms with Gasteiger partial charge < -0.3 is 10.2 Å². The third-order valence-corrected chi connectivity index (χ3v) is 2.94. The van der Waals surface area contributed by atoms with Gasteiger partial charge in [-0.25, -0.2) is 9.97 Å². The zero-order valence-electron chi connectivity index (χ0n) is 10.4. The van der Waals surface area contributed by atoms with E-state index in [0.717, 1.165) is 44.1 Å². The number of anilines is 1. The van der Waals surface area contributed by atoms with E-state index in [9.17, 15) is 0 Å². The molecule has 88 valence electrons. The Bertz CT molecular complexity index is 376. The molecule has 1 N–H and O–H groups in total. The molecule has 0 saturated carbocycles. The van der Waals surface area contributed by atoms with Gasteiger partial charge in [-0.05, 0) is 13.3 Å². The second kappa shape index (κ2) is 4.78. The molecule has 1 aromatic heterocycles. The molecule has 0 radical (unpaired) electrons. The molecule has 4 heteroatoms. The van der Waals surface area contributed by atoms with Crippen molar-refractivity contribution in [3.8, 4) is 0 Å². The van der Waals surface area contributed by atoms with Crippen LogP contribution in [0.25, 0.3) is 0 Å². The van der Waals surface area contributed by atoms with Crippen LogP contribution in [-0.4, -0.2) is 30.1 Å². The number of aryl methyl sites for hydroxylation is 1. The van der Waals surface area contributed by atoms with Crippen LogP contribution in [0.1, 0.15) is 30.4 Å². The molecular formula is C12H20N4. The van der Waals surface area contributed by atoms with Gasteiger partial charge in [0.2, 0.25) is 0 Å². The van der Waals surface area contributed by atoms with Crippen LogP contribution in [0.3, 0.4) is 0 Å². The van der Waals surface area contributed by atoms with Crippen LogP contribution in [-0.2, 0) is 13.0 Å². The van der Waals surface area contributed by atoms with Gasteiger partial charge in [-0.15, -0.1) is 0 Å². The molecule has 0 bridgehead atoms. The van der Waals surface area contributed by atoms with Crippen molar-refractivity contribution in [1.82, 2.24) is 15.3 Å². The fourth-order valence-electron chi connectivity index (χ4n) is 2.20. The highest BCUT2D eigenvalue weighted by atomic mass is 15.2. The number of hydrogen-bond donors (Lipinski definition) is 1. The van der Waals surface area contributed by atoms with Gasteiger partial charge in [-0.3, -0.25) is 0 Å². The third kappa shape index (κ3) is 2.16. The highest BCUT2D eigenvalue weighted by Crippen LogP contribution is 2.22. The average molecular weight is 220 g/mol. The van der Waals surface area contributed by atoms with Crippen LogP contribution >= 0.6 is 0 Å². The Morgan fingerprint density at radius 1 is 1.38 bits per heavy atom. The molecule has 0 aliphatic carbocycles. The lowest BCUT2D eigenvalue weighted by molar-refractivity contribution is 0.619. The normalized spacial score (nSPS) is 14.7. The predicted molar refractivity (Wildman–Crippen MR) is 65.7 cm³/mol. The van der Waals surface area contributed by atoms with Crippen molar-refractivity contribution < 1.29 is 0 Å². The minimum Gasteiger partial charge on any atom is -0.359 e. The van der Waals surface area contributed by atoms with E-state index in [4.69, 9.17) is 0 Å². The van der Waals surface area contributed by atoms with E-state index in [1.165, 1.54) is 11.3 Å². The molecule has 2 rings (SSSR count). The van der Waals surface area contributed by atoms with Crippen LogP contribution < -0.4 is 10.2 Å². The number of rotatable bonds is 3. The number of aromatic nitrogens is 2. The first-order chi connectivity index (χ1) is 7.72. The fourth-order valence-corrected chi connectivity index (χ4v) is 2.20. The number of nitrogens with one attached hydrogen (secondary N) is 1. The lowest BCUT2D eigenvalue weighted by Gasteiger charge is -2.25. The zero-order chi connectivity index (χ0) is 11.5. The Labute approximate surface area is 97.1 Å². The second-order valence-corrected chi connectivity index (χ2v) is 4.37. The minimum atomic E-state index is 0.888. The first-order valence-electron chi connectivity index (χ1n) is 6.00. The molecule has 16 heavy (non-hydrogen) atoms. The van der Waals surface area contributed by atoms with E-state index in [1.807, 2.05) is 6.92 Å². The van der Waals surface area contributed by atoms with Crippen molar-refractivity contribution in [3.63, 3.8) is 0 Å². The summed E-state index contributed by atoms with van der Waals surface area (Å²) in [4.78, 5) is 11.4. The van der Waals surface area contributed by atoms with E-state index in [0.29, 0.717) is 0 Å². The van der Waals surface area contributed by atoms with Gasteiger partial charge in [-0.2, -0.15) is 0 Å². The Morgan fingerprint density at radius 3 is 2.94 bits per heavy atom. The van der Waals surface area contributed by atoms with Gasteiger partial charge >= 0.3 is 0 Å². The SMILES string of the molecule is CCCN(C)c1nc(C)nc2c1CNCC2. The van der Waals surface area contributed by atoms with Crippen LogP contribution in [0, 0.1) is 6.92 Å². The lowest BCUT2D eigenvalue weighted by atomic mass is 10.1. The number of hydrogen-bond acceptors (Lipinski definition) is 4. The summed E-state index contributed by atoms with van der Waals surface area (Å²) in [6.07, 6.45) is 2.16. The Balaban J connectivity index is 2.38. The molecule has 0 fully saturated rings. The Morgan fingerprint density at radius 2 is 2.19 bits per heavy atom.